The minimum atomic E-state index is -2.67. The van der Waals surface area contributed by atoms with E-state index in [1.54, 1.807) is 0 Å². The number of hydrogen-bond acceptors (Lipinski definition) is 2. The van der Waals surface area contributed by atoms with Crippen molar-refractivity contribution in [1.82, 2.24) is 0 Å². The number of sulfone groups is 1. The summed E-state index contributed by atoms with van der Waals surface area (Å²) in [5.74, 6) is 0. The van der Waals surface area contributed by atoms with Gasteiger partial charge in [0.25, 0.3) is 0 Å². The van der Waals surface area contributed by atoms with Crippen molar-refractivity contribution in [1.29, 1.82) is 0 Å². The van der Waals surface area contributed by atoms with Crippen molar-refractivity contribution in [3.8, 4) is 0 Å². The molecule has 0 unspecified atom stereocenters. The van der Waals surface area contributed by atoms with E-state index in [2.05, 4.69) is 41.5 Å². The monoisotopic (exact) mass is 256 g/mol. The van der Waals surface area contributed by atoms with E-state index in [1.165, 1.54) is 33.4 Å². The minimum absolute atomic E-state index is 1.16. The van der Waals surface area contributed by atoms with Crippen LogP contribution in [0.2, 0.25) is 0 Å². The van der Waals surface area contributed by atoms with Gasteiger partial charge in [0.05, 0.1) is 0 Å². The van der Waals surface area contributed by atoms with Gasteiger partial charge in [0.15, 0.2) is 0 Å². The Morgan fingerprint density at radius 1 is 0.529 bits per heavy atom. The third-order valence-corrected chi connectivity index (χ3v) is 3.38. The molecule has 0 aromatic heterocycles. The summed E-state index contributed by atoms with van der Waals surface area (Å²) in [6.07, 6.45) is 2.32. The molecule has 0 atom stereocenters. The molecule has 0 fully saturated rings. The van der Waals surface area contributed by atoms with Gasteiger partial charge < -0.3 is 0 Å². The molecule has 2 nitrogen and oxygen atoms in total. The lowest BCUT2D eigenvalue weighted by molar-refractivity contribution is 0.607. The Morgan fingerprint density at radius 2 is 0.588 bits per heavy atom. The summed E-state index contributed by atoms with van der Waals surface area (Å²) in [6.45, 7) is 13.3. The second-order valence-corrected chi connectivity index (χ2v) is 7.18. The first-order chi connectivity index (χ1) is 7.46. The molecular formula is C14H24O2S. The molecule has 0 amide bonds. The lowest BCUT2D eigenvalue weighted by Gasteiger charge is -2.15. The highest BCUT2D eigenvalue weighted by atomic mass is 32.2. The van der Waals surface area contributed by atoms with E-state index in [0.717, 1.165) is 12.5 Å². The lowest BCUT2D eigenvalue weighted by atomic mass is 9.90. The molecule has 98 valence electrons. The van der Waals surface area contributed by atoms with Gasteiger partial charge >= 0.3 is 0 Å². The summed E-state index contributed by atoms with van der Waals surface area (Å²) in [5.41, 5.74) is 8.73. The van der Waals surface area contributed by atoms with E-state index >= 15 is 0 Å². The topological polar surface area (TPSA) is 34.1 Å². The van der Waals surface area contributed by atoms with Gasteiger partial charge in [0, 0.05) is 12.5 Å². The second-order valence-electron chi connectivity index (χ2n) is 4.89. The van der Waals surface area contributed by atoms with Gasteiger partial charge in [-0.1, -0.05) is 0 Å². The zero-order valence-electron chi connectivity index (χ0n) is 12.2. The standard InChI is InChI=1S/C12H18.C2H6O2S/c1-7-8(2)10(4)12(6)11(5)9(7)3;1-5(2,3)4/h1-6H3;1-2H3. The summed E-state index contributed by atoms with van der Waals surface area (Å²) in [4.78, 5) is 0. The normalized spacial score (nSPS) is 10.8. The molecule has 0 bridgehead atoms. The van der Waals surface area contributed by atoms with Crippen molar-refractivity contribution < 1.29 is 8.42 Å². The van der Waals surface area contributed by atoms with E-state index < -0.39 is 9.84 Å². The van der Waals surface area contributed by atoms with Crippen LogP contribution >= 0.6 is 0 Å². The average molecular weight is 256 g/mol. The highest BCUT2D eigenvalue weighted by Gasteiger charge is 2.07. The summed E-state index contributed by atoms with van der Waals surface area (Å²) in [6, 6.07) is 0. The van der Waals surface area contributed by atoms with Crippen molar-refractivity contribution in [3.05, 3.63) is 33.4 Å². The first kappa shape index (κ1) is 16.2. The van der Waals surface area contributed by atoms with Gasteiger partial charge in [-0.25, -0.2) is 8.42 Å². The van der Waals surface area contributed by atoms with Crippen LogP contribution in [0.1, 0.15) is 33.4 Å². The molecule has 0 heterocycles. The number of benzene rings is 1. The van der Waals surface area contributed by atoms with Crippen LogP contribution in [0.15, 0.2) is 0 Å². The van der Waals surface area contributed by atoms with Gasteiger partial charge in [-0.05, 0) is 74.9 Å². The average Bonchev–Trinajstić information content (AvgIpc) is 2.18. The highest BCUT2D eigenvalue weighted by molar-refractivity contribution is 7.89. The Balaban J connectivity index is 0.000000437. The van der Waals surface area contributed by atoms with Crippen LogP contribution in [0.3, 0.4) is 0 Å². The van der Waals surface area contributed by atoms with Crippen molar-refractivity contribution in [2.45, 2.75) is 41.5 Å². The van der Waals surface area contributed by atoms with E-state index in [4.69, 9.17) is 0 Å². The molecule has 1 rings (SSSR count). The molecular weight excluding hydrogens is 232 g/mol. The fourth-order valence-electron chi connectivity index (χ4n) is 1.69. The van der Waals surface area contributed by atoms with Gasteiger partial charge in [-0.2, -0.15) is 0 Å². The zero-order chi connectivity index (χ0) is 14.0. The van der Waals surface area contributed by atoms with E-state index in [-0.39, 0.29) is 0 Å². The number of rotatable bonds is 0. The van der Waals surface area contributed by atoms with Crippen molar-refractivity contribution in [3.63, 3.8) is 0 Å². The predicted octanol–water partition coefficient (Wildman–Crippen LogP) is 3.20. The molecule has 1 aromatic rings. The van der Waals surface area contributed by atoms with Crippen LogP contribution in [-0.2, 0) is 9.84 Å². The smallest absolute Gasteiger partial charge is 0.144 e. The predicted molar refractivity (Wildman–Crippen MR) is 75.6 cm³/mol. The third kappa shape index (κ3) is 4.90. The first-order valence-electron chi connectivity index (χ1n) is 5.65. The Kier molecular flexibility index (Phi) is 5.40. The molecule has 0 saturated carbocycles. The molecule has 1 aromatic carbocycles. The van der Waals surface area contributed by atoms with Crippen LogP contribution in [0.25, 0.3) is 0 Å². The molecule has 0 aliphatic heterocycles. The SMILES string of the molecule is CS(C)(=O)=O.Cc1c(C)c(C)c(C)c(C)c1C. The Morgan fingerprint density at radius 3 is 0.647 bits per heavy atom. The van der Waals surface area contributed by atoms with Crippen molar-refractivity contribution in [2.24, 2.45) is 0 Å². The van der Waals surface area contributed by atoms with Crippen LogP contribution in [0, 0.1) is 41.5 Å². The van der Waals surface area contributed by atoms with Crippen LogP contribution in [0.4, 0.5) is 0 Å². The fourth-order valence-corrected chi connectivity index (χ4v) is 1.69. The summed E-state index contributed by atoms with van der Waals surface area (Å²) in [5, 5.41) is 0. The Labute approximate surface area is 106 Å². The molecule has 3 heteroatoms. The maximum atomic E-state index is 9.63. The van der Waals surface area contributed by atoms with E-state index in [1.807, 2.05) is 0 Å². The van der Waals surface area contributed by atoms with E-state index in [9.17, 15) is 8.42 Å². The molecule has 0 saturated heterocycles. The van der Waals surface area contributed by atoms with Gasteiger partial charge in [-0.3, -0.25) is 0 Å². The summed E-state index contributed by atoms with van der Waals surface area (Å²) >= 11 is 0. The fraction of sp³-hybridized carbons (Fsp3) is 0.571. The minimum Gasteiger partial charge on any atom is -0.229 e. The molecule has 0 N–H and O–H groups in total. The highest BCUT2D eigenvalue weighted by Crippen LogP contribution is 2.24. The molecule has 0 aliphatic rings. The number of hydrogen-bond donors (Lipinski definition) is 0. The summed E-state index contributed by atoms with van der Waals surface area (Å²) < 4.78 is 19.3. The molecule has 0 spiro atoms. The van der Waals surface area contributed by atoms with Crippen LogP contribution in [-0.4, -0.2) is 20.9 Å². The largest absolute Gasteiger partial charge is 0.229 e. The first-order valence-corrected chi connectivity index (χ1v) is 7.95. The Hall–Kier alpha value is -0.830. The van der Waals surface area contributed by atoms with Crippen molar-refractivity contribution >= 4 is 9.84 Å². The third-order valence-electron chi connectivity index (χ3n) is 3.38. The van der Waals surface area contributed by atoms with Crippen LogP contribution in [0.5, 0.6) is 0 Å². The van der Waals surface area contributed by atoms with E-state index in [0.29, 0.717) is 0 Å². The molecule has 0 radical (unpaired) electrons. The molecule has 17 heavy (non-hydrogen) atoms. The quantitative estimate of drug-likeness (QED) is 0.714. The van der Waals surface area contributed by atoms with Gasteiger partial charge in [-0.15, -0.1) is 0 Å². The zero-order valence-corrected chi connectivity index (χ0v) is 13.0. The molecule has 0 aliphatic carbocycles. The van der Waals surface area contributed by atoms with Gasteiger partial charge in [0.2, 0.25) is 0 Å². The second kappa shape index (κ2) is 5.67. The Bertz CT molecular complexity index is 399. The summed E-state index contributed by atoms with van der Waals surface area (Å²) in [7, 11) is -2.67. The van der Waals surface area contributed by atoms with Crippen LogP contribution < -0.4 is 0 Å². The maximum absolute atomic E-state index is 9.63. The van der Waals surface area contributed by atoms with Crippen molar-refractivity contribution in [2.75, 3.05) is 12.5 Å². The van der Waals surface area contributed by atoms with Gasteiger partial charge in [0.1, 0.15) is 9.84 Å². The maximum Gasteiger partial charge on any atom is 0.144 e. The lowest BCUT2D eigenvalue weighted by Crippen LogP contribution is -1.98.